The monoisotopic (exact) mass is 456 g/mol. The molecule has 1 heterocycles. The summed E-state index contributed by atoms with van der Waals surface area (Å²) in [5, 5.41) is 33.6. The molecule has 0 aliphatic rings. The number of aromatic nitrogens is 2. The first-order valence-electron chi connectivity index (χ1n) is 9.27. The third kappa shape index (κ3) is 9.21. The van der Waals surface area contributed by atoms with Gasteiger partial charge >= 0.3 is 17.9 Å². The van der Waals surface area contributed by atoms with Gasteiger partial charge in [0, 0.05) is 24.7 Å². The van der Waals surface area contributed by atoms with Crippen LogP contribution in [-0.4, -0.2) is 85.6 Å². The van der Waals surface area contributed by atoms with Crippen molar-refractivity contribution in [1.29, 1.82) is 0 Å². The number of aliphatic carboxylic acids is 3. The quantitative estimate of drug-likeness (QED) is 0.138. The highest BCUT2D eigenvalue weighted by atomic mass is 16.4. The third-order valence-electron chi connectivity index (χ3n) is 4.09. The lowest BCUT2D eigenvalue weighted by molar-refractivity contribution is -0.143. The van der Waals surface area contributed by atoms with Gasteiger partial charge in [-0.05, 0) is 6.42 Å². The maximum absolute atomic E-state index is 12.5. The Balaban J connectivity index is 2.95. The largest absolute Gasteiger partial charge is 0.481 e. The van der Waals surface area contributed by atoms with Gasteiger partial charge in [-0.15, -0.1) is 0 Å². The summed E-state index contributed by atoms with van der Waals surface area (Å²) in [6, 6.07) is -4.58. The van der Waals surface area contributed by atoms with Crippen LogP contribution in [0.4, 0.5) is 0 Å². The number of hydrogen-bond acceptors (Lipinski definition) is 8. The van der Waals surface area contributed by atoms with Crippen molar-refractivity contribution in [3.63, 3.8) is 0 Å². The van der Waals surface area contributed by atoms with E-state index in [1.165, 1.54) is 12.5 Å². The van der Waals surface area contributed by atoms with Crippen molar-refractivity contribution in [1.82, 2.24) is 25.9 Å². The lowest BCUT2D eigenvalue weighted by Crippen LogP contribution is -2.57. The summed E-state index contributed by atoms with van der Waals surface area (Å²) in [6.45, 7) is -0.496. The zero-order valence-electron chi connectivity index (χ0n) is 16.7. The Hall–Kier alpha value is -4.01. The Morgan fingerprint density at radius 1 is 0.938 bits per heavy atom. The van der Waals surface area contributed by atoms with Gasteiger partial charge in [-0.25, -0.2) is 9.78 Å². The summed E-state index contributed by atoms with van der Waals surface area (Å²) < 4.78 is 0. The molecule has 176 valence electrons. The molecule has 32 heavy (non-hydrogen) atoms. The van der Waals surface area contributed by atoms with E-state index in [4.69, 9.17) is 15.9 Å². The molecule has 1 aromatic heterocycles. The summed E-state index contributed by atoms with van der Waals surface area (Å²) in [4.78, 5) is 76.4. The van der Waals surface area contributed by atoms with Gasteiger partial charge in [0.15, 0.2) is 0 Å². The van der Waals surface area contributed by atoms with Crippen LogP contribution in [0.25, 0.3) is 0 Å². The van der Waals surface area contributed by atoms with Crippen LogP contribution in [0.3, 0.4) is 0 Å². The van der Waals surface area contributed by atoms with Gasteiger partial charge in [-0.3, -0.25) is 24.0 Å². The number of carboxylic acid groups (broad SMARTS) is 3. The number of nitrogens with two attached hydrogens (primary N) is 1. The number of rotatable bonds is 14. The highest BCUT2D eigenvalue weighted by Crippen LogP contribution is 2.04. The fourth-order valence-corrected chi connectivity index (χ4v) is 2.53. The Bertz CT molecular complexity index is 842. The molecule has 3 unspecified atom stereocenters. The van der Waals surface area contributed by atoms with Crippen LogP contribution >= 0.6 is 0 Å². The van der Waals surface area contributed by atoms with Crippen LogP contribution in [-0.2, 0) is 35.2 Å². The fraction of sp³-hybridized carbons (Fsp3) is 0.471. The van der Waals surface area contributed by atoms with Crippen molar-refractivity contribution >= 4 is 35.6 Å². The van der Waals surface area contributed by atoms with Crippen molar-refractivity contribution in [2.75, 3.05) is 6.54 Å². The summed E-state index contributed by atoms with van der Waals surface area (Å²) in [7, 11) is 0. The highest BCUT2D eigenvalue weighted by Gasteiger charge is 2.31. The Morgan fingerprint density at radius 2 is 1.56 bits per heavy atom. The molecular weight excluding hydrogens is 432 g/mol. The zero-order valence-corrected chi connectivity index (χ0v) is 16.7. The fourth-order valence-electron chi connectivity index (χ4n) is 2.53. The van der Waals surface area contributed by atoms with Crippen LogP contribution in [0.5, 0.6) is 0 Å². The summed E-state index contributed by atoms with van der Waals surface area (Å²) in [5.74, 6) is -7.06. The molecule has 9 N–H and O–H groups in total. The Labute approximate surface area is 180 Å². The first-order chi connectivity index (χ1) is 15.0. The molecule has 0 aromatic carbocycles. The van der Waals surface area contributed by atoms with Gasteiger partial charge in [0.25, 0.3) is 0 Å². The lowest BCUT2D eigenvalue weighted by Gasteiger charge is -2.23. The van der Waals surface area contributed by atoms with E-state index in [1.807, 2.05) is 0 Å². The van der Waals surface area contributed by atoms with Crippen LogP contribution in [0, 0.1) is 0 Å². The lowest BCUT2D eigenvalue weighted by atomic mass is 10.1. The molecule has 1 aromatic rings. The van der Waals surface area contributed by atoms with Crippen LogP contribution < -0.4 is 21.7 Å². The molecule has 15 heteroatoms. The minimum Gasteiger partial charge on any atom is -0.481 e. The summed E-state index contributed by atoms with van der Waals surface area (Å²) in [6.07, 6.45) is 0.686. The van der Waals surface area contributed by atoms with Gasteiger partial charge in [0.2, 0.25) is 17.7 Å². The summed E-state index contributed by atoms with van der Waals surface area (Å²) in [5.41, 5.74) is 5.55. The maximum Gasteiger partial charge on any atom is 0.326 e. The van der Waals surface area contributed by atoms with Crippen molar-refractivity contribution < 1.29 is 44.1 Å². The molecule has 0 aliphatic carbocycles. The van der Waals surface area contributed by atoms with Crippen molar-refractivity contribution in [3.8, 4) is 0 Å². The van der Waals surface area contributed by atoms with Crippen LogP contribution in [0.2, 0.25) is 0 Å². The molecule has 1 rings (SSSR count). The normalized spacial score (nSPS) is 13.3. The van der Waals surface area contributed by atoms with E-state index < -0.39 is 73.1 Å². The maximum atomic E-state index is 12.5. The second-order valence-corrected chi connectivity index (χ2v) is 6.60. The van der Waals surface area contributed by atoms with Gasteiger partial charge in [0.1, 0.15) is 18.1 Å². The van der Waals surface area contributed by atoms with Gasteiger partial charge in [-0.1, -0.05) is 0 Å². The molecule has 0 saturated carbocycles. The van der Waals surface area contributed by atoms with Crippen molar-refractivity contribution in [2.24, 2.45) is 5.73 Å². The molecular formula is C17H24N6O9. The predicted molar refractivity (Wildman–Crippen MR) is 104 cm³/mol. The highest BCUT2D eigenvalue weighted by molar-refractivity contribution is 5.95. The number of nitrogens with one attached hydrogen (secondary N) is 4. The minimum absolute atomic E-state index is 0.192. The van der Waals surface area contributed by atoms with Gasteiger partial charge in [0.05, 0.1) is 19.3 Å². The topological polar surface area (TPSA) is 254 Å². The number of H-pyrrole nitrogens is 1. The Morgan fingerprint density at radius 3 is 2.06 bits per heavy atom. The minimum atomic E-state index is -1.70. The smallest absolute Gasteiger partial charge is 0.326 e. The van der Waals surface area contributed by atoms with E-state index in [0.717, 1.165) is 0 Å². The van der Waals surface area contributed by atoms with E-state index in [1.54, 1.807) is 0 Å². The molecule has 0 aliphatic heterocycles. The number of aromatic amines is 1. The van der Waals surface area contributed by atoms with E-state index in [9.17, 15) is 33.9 Å². The molecule has 0 bridgehead atoms. The zero-order chi connectivity index (χ0) is 24.3. The second-order valence-electron chi connectivity index (χ2n) is 6.60. The van der Waals surface area contributed by atoms with E-state index in [2.05, 4.69) is 25.9 Å². The first kappa shape index (κ1) is 26.0. The van der Waals surface area contributed by atoms with E-state index in [0.29, 0.717) is 5.69 Å². The second kappa shape index (κ2) is 12.6. The third-order valence-corrected chi connectivity index (χ3v) is 4.09. The number of carbonyl (C=O) groups is 6. The number of hydrogen-bond donors (Lipinski definition) is 8. The molecule has 0 saturated heterocycles. The van der Waals surface area contributed by atoms with E-state index in [-0.39, 0.29) is 12.8 Å². The summed E-state index contributed by atoms with van der Waals surface area (Å²) >= 11 is 0. The van der Waals surface area contributed by atoms with Gasteiger partial charge in [-0.2, -0.15) is 0 Å². The SMILES string of the molecule is NCC(=O)NC(CCC(=O)O)C(=O)NC(CC(=O)O)C(=O)NC(Cc1cnc[nH]1)C(=O)O. The van der Waals surface area contributed by atoms with Crippen molar-refractivity contribution in [3.05, 3.63) is 18.2 Å². The van der Waals surface area contributed by atoms with Crippen molar-refractivity contribution in [2.45, 2.75) is 43.8 Å². The number of imidazole rings is 1. The predicted octanol–water partition coefficient (Wildman–Crippen LogP) is -3.21. The molecule has 0 fully saturated rings. The number of carbonyl (C=O) groups excluding carboxylic acids is 3. The average molecular weight is 456 g/mol. The van der Waals surface area contributed by atoms with Crippen LogP contribution in [0.15, 0.2) is 12.5 Å². The molecule has 3 amide bonds. The molecule has 3 atom stereocenters. The average Bonchev–Trinajstić information content (AvgIpc) is 3.22. The van der Waals surface area contributed by atoms with Crippen LogP contribution in [0.1, 0.15) is 25.0 Å². The molecule has 15 nitrogen and oxygen atoms in total. The van der Waals surface area contributed by atoms with Gasteiger partial charge < -0.3 is 42.0 Å². The van der Waals surface area contributed by atoms with E-state index >= 15 is 0 Å². The standard InChI is InChI=1S/C17H24N6O9/c18-5-12(24)21-9(1-2-13(25)26)15(29)22-10(4-14(27)28)16(30)23-11(17(31)32)3-8-6-19-7-20-8/h6-7,9-11H,1-5,18H2,(H,19,20)(H,21,24)(H,22,29)(H,23,30)(H,25,26)(H,27,28)(H,31,32). The Kier molecular flexibility index (Phi) is 10.3. The number of nitrogens with zero attached hydrogens (tertiary/aromatic N) is 1. The number of amides is 3. The first-order valence-corrected chi connectivity index (χ1v) is 9.27. The molecule has 0 spiro atoms. The number of carboxylic acids is 3. The molecule has 0 radical (unpaired) electrons.